The fourth-order valence-corrected chi connectivity index (χ4v) is 2.59. The fourth-order valence-electron chi connectivity index (χ4n) is 2.26. The van der Waals surface area contributed by atoms with Gasteiger partial charge in [-0.2, -0.15) is 5.26 Å². The monoisotopic (exact) mass is 382 g/mol. The van der Waals surface area contributed by atoms with Crippen LogP contribution in [0.2, 0.25) is 10.0 Å². The summed E-state index contributed by atoms with van der Waals surface area (Å²) in [6, 6.07) is 17.1. The second-order valence-electron chi connectivity index (χ2n) is 5.29. The van der Waals surface area contributed by atoms with Crippen molar-refractivity contribution in [2.45, 2.75) is 0 Å². The molecular weight excluding hydrogens is 371 g/mol. The Morgan fingerprint density at radius 2 is 1.85 bits per heavy atom. The summed E-state index contributed by atoms with van der Waals surface area (Å²) < 4.78 is 0. The van der Waals surface area contributed by atoms with Gasteiger partial charge in [0.1, 0.15) is 11.9 Å². The lowest BCUT2D eigenvalue weighted by Gasteiger charge is -2.10. The Bertz CT molecular complexity index is 1010. The van der Waals surface area contributed by atoms with Gasteiger partial charge in [0.15, 0.2) is 0 Å². The molecule has 128 valence electrons. The van der Waals surface area contributed by atoms with Crippen molar-refractivity contribution in [3.63, 3.8) is 0 Å². The molecule has 0 atom stereocenters. The molecular formula is C19H12Cl2N4O. The number of halogens is 2. The average molecular weight is 383 g/mol. The summed E-state index contributed by atoms with van der Waals surface area (Å²) in [4.78, 5) is 16.7. The van der Waals surface area contributed by atoms with Crippen molar-refractivity contribution in [2.75, 3.05) is 10.6 Å². The number of rotatable bonds is 4. The summed E-state index contributed by atoms with van der Waals surface area (Å²) in [5.74, 6) is 0.0886. The number of hydrogen-bond acceptors (Lipinski definition) is 4. The van der Waals surface area contributed by atoms with Crippen LogP contribution < -0.4 is 10.6 Å². The summed E-state index contributed by atoms with van der Waals surface area (Å²) in [5.41, 5.74) is 1.89. The molecule has 2 aromatic carbocycles. The largest absolute Gasteiger partial charge is 0.339 e. The molecule has 7 heteroatoms. The van der Waals surface area contributed by atoms with E-state index in [-0.39, 0.29) is 5.91 Å². The lowest BCUT2D eigenvalue weighted by molar-refractivity contribution is 0.102. The average Bonchev–Trinajstić information content (AvgIpc) is 2.65. The van der Waals surface area contributed by atoms with Crippen LogP contribution in [0.3, 0.4) is 0 Å². The summed E-state index contributed by atoms with van der Waals surface area (Å²) in [6.07, 6.45) is 1.51. The van der Waals surface area contributed by atoms with Gasteiger partial charge in [-0.15, -0.1) is 0 Å². The summed E-state index contributed by atoms with van der Waals surface area (Å²) in [7, 11) is 0. The van der Waals surface area contributed by atoms with Crippen LogP contribution in [-0.4, -0.2) is 10.9 Å². The molecule has 0 bridgehead atoms. The van der Waals surface area contributed by atoms with Crippen LogP contribution in [0.5, 0.6) is 0 Å². The maximum atomic E-state index is 12.5. The van der Waals surface area contributed by atoms with Gasteiger partial charge < -0.3 is 10.6 Å². The highest BCUT2D eigenvalue weighted by Gasteiger charge is 2.11. The molecule has 0 spiro atoms. The molecule has 3 aromatic rings. The predicted octanol–water partition coefficient (Wildman–Crippen LogP) is 5.26. The minimum Gasteiger partial charge on any atom is -0.339 e. The van der Waals surface area contributed by atoms with Gasteiger partial charge in [-0.05, 0) is 42.5 Å². The number of hydrogen-bond donors (Lipinski definition) is 2. The van der Waals surface area contributed by atoms with Crippen molar-refractivity contribution in [1.82, 2.24) is 4.98 Å². The van der Waals surface area contributed by atoms with E-state index < -0.39 is 0 Å². The maximum Gasteiger partial charge on any atom is 0.255 e. The topological polar surface area (TPSA) is 77.8 Å². The third-order valence-corrected chi connectivity index (χ3v) is 4.07. The first-order valence-corrected chi connectivity index (χ1v) is 8.31. The zero-order valence-corrected chi connectivity index (χ0v) is 14.8. The molecule has 2 N–H and O–H groups in total. The van der Waals surface area contributed by atoms with E-state index in [0.29, 0.717) is 38.4 Å². The van der Waals surface area contributed by atoms with Crippen LogP contribution in [0.25, 0.3) is 0 Å². The van der Waals surface area contributed by atoms with E-state index in [4.69, 9.17) is 28.5 Å². The fraction of sp³-hybridized carbons (Fsp3) is 0. The van der Waals surface area contributed by atoms with Crippen LogP contribution in [0, 0.1) is 11.3 Å². The van der Waals surface area contributed by atoms with E-state index in [1.165, 1.54) is 6.20 Å². The number of aromatic nitrogens is 1. The van der Waals surface area contributed by atoms with Gasteiger partial charge in [-0.3, -0.25) is 4.79 Å². The number of benzene rings is 2. The Hall–Kier alpha value is -3.07. The van der Waals surface area contributed by atoms with Gasteiger partial charge >= 0.3 is 0 Å². The van der Waals surface area contributed by atoms with Crippen LogP contribution >= 0.6 is 23.2 Å². The summed E-state index contributed by atoms with van der Waals surface area (Å²) in [6.45, 7) is 0. The van der Waals surface area contributed by atoms with Crippen molar-refractivity contribution >= 4 is 46.3 Å². The molecule has 0 aliphatic heterocycles. The smallest absolute Gasteiger partial charge is 0.255 e. The number of nitrogens with one attached hydrogen (secondary N) is 2. The minimum absolute atomic E-state index is 0.354. The van der Waals surface area contributed by atoms with E-state index >= 15 is 0 Å². The lowest BCUT2D eigenvalue weighted by Crippen LogP contribution is -2.12. The van der Waals surface area contributed by atoms with Crippen LogP contribution in [-0.2, 0) is 0 Å². The molecule has 0 fully saturated rings. The van der Waals surface area contributed by atoms with Gasteiger partial charge in [0.25, 0.3) is 5.91 Å². The van der Waals surface area contributed by atoms with Gasteiger partial charge in [-0.25, -0.2) is 4.98 Å². The van der Waals surface area contributed by atoms with Crippen LogP contribution in [0.15, 0.2) is 60.8 Å². The highest BCUT2D eigenvalue weighted by Crippen LogP contribution is 2.26. The van der Waals surface area contributed by atoms with Gasteiger partial charge in [0.05, 0.1) is 22.0 Å². The second kappa shape index (κ2) is 7.87. The zero-order valence-electron chi connectivity index (χ0n) is 13.3. The lowest BCUT2D eigenvalue weighted by atomic mass is 10.2. The summed E-state index contributed by atoms with van der Waals surface area (Å²) in [5, 5.41) is 15.8. The number of nitriles is 1. The molecule has 1 amide bonds. The van der Waals surface area contributed by atoms with E-state index in [9.17, 15) is 4.79 Å². The number of pyridine rings is 1. The van der Waals surface area contributed by atoms with Crippen molar-refractivity contribution in [2.24, 2.45) is 0 Å². The zero-order chi connectivity index (χ0) is 18.5. The van der Waals surface area contributed by atoms with Crippen LogP contribution in [0.1, 0.15) is 15.9 Å². The van der Waals surface area contributed by atoms with Crippen molar-refractivity contribution in [3.8, 4) is 6.07 Å². The van der Waals surface area contributed by atoms with E-state index in [1.54, 1.807) is 54.6 Å². The molecule has 0 aliphatic carbocycles. The molecule has 0 saturated heterocycles. The molecule has 0 aliphatic rings. The molecule has 3 rings (SSSR count). The third-order valence-electron chi connectivity index (χ3n) is 3.51. The molecule has 26 heavy (non-hydrogen) atoms. The van der Waals surface area contributed by atoms with Crippen molar-refractivity contribution in [1.29, 1.82) is 5.26 Å². The predicted molar refractivity (Wildman–Crippen MR) is 103 cm³/mol. The Kier molecular flexibility index (Phi) is 5.37. The first-order valence-electron chi connectivity index (χ1n) is 7.55. The number of amides is 1. The van der Waals surface area contributed by atoms with E-state index in [0.717, 1.165) is 0 Å². The number of carbonyl (C=O) groups is 1. The Morgan fingerprint density at radius 3 is 2.65 bits per heavy atom. The van der Waals surface area contributed by atoms with Gasteiger partial charge in [0, 0.05) is 16.8 Å². The molecule has 1 aromatic heterocycles. The normalized spacial score (nSPS) is 10.0. The quantitative estimate of drug-likeness (QED) is 0.645. The van der Waals surface area contributed by atoms with Crippen LogP contribution in [0.4, 0.5) is 17.2 Å². The highest BCUT2D eigenvalue weighted by atomic mass is 35.5. The van der Waals surface area contributed by atoms with Gasteiger partial charge in [-0.1, -0.05) is 35.3 Å². The van der Waals surface area contributed by atoms with Gasteiger partial charge in [0.2, 0.25) is 0 Å². The second-order valence-corrected chi connectivity index (χ2v) is 6.13. The minimum atomic E-state index is -0.354. The van der Waals surface area contributed by atoms with E-state index in [1.807, 2.05) is 0 Å². The Morgan fingerprint density at radius 1 is 1.04 bits per heavy atom. The molecule has 5 nitrogen and oxygen atoms in total. The number of nitrogens with zero attached hydrogens (tertiary/aromatic N) is 2. The Balaban J connectivity index is 1.82. The Labute approximate surface area is 160 Å². The maximum absolute atomic E-state index is 12.5. The van der Waals surface area contributed by atoms with Crippen molar-refractivity contribution < 1.29 is 4.79 Å². The SMILES string of the molecule is N#Cc1ccccc1Nc1cc(C(=O)Nc2cc(Cl)ccc2Cl)ccn1. The molecule has 0 unspecified atom stereocenters. The molecule has 0 saturated carbocycles. The highest BCUT2D eigenvalue weighted by molar-refractivity contribution is 6.35. The van der Waals surface area contributed by atoms with E-state index in [2.05, 4.69) is 21.7 Å². The number of carbonyl (C=O) groups excluding carboxylic acids is 1. The first-order chi connectivity index (χ1) is 12.6. The van der Waals surface area contributed by atoms with Crippen molar-refractivity contribution in [3.05, 3.63) is 82.0 Å². The summed E-state index contributed by atoms with van der Waals surface area (Å²) >= 11 is 12.0. The third kappa shape index (κ3) is 4.12. The number of anilines is 3. The first kappa shape index (κ1) is 17.7. The number of para-hydroxylation sites is 1. The molecule has 1 heterocycles. The standard InChI is InChI=1S/C19H12Cl2N4O/c20-14-5-6-15(21)17(10-14)25-19(26)12-7-8-23-18(9-12)24-16-4-2-1-3-13(16)11-22/h1-10H,(H,23,24)(H,25,26). The molecule has 0 radical (unpaired) electrons.